The second kappa shape index (κ2) is 6.84. The summed E-state index contributed by atoms with van der Waals surface area (Å²) in [4.78, 5) is 16.4. The predicted octanol–water partition coefficient (Wildman–Crippen LogP) is 2.43. The standard InChI is InChI=1S/C19H23N3O/c1-21(2)17-9-7-15(8-10-17)13-20-14-19(23)22-12-11-16-5-3-4-6-18(16)22/h3-10,20H,11-14H2,1-2H3. The number of benzene rings is 2. The molecule has 1 N–H and O–H groups in total. The van der Waals surface area contributed by atoms with Crippen LogP contribution in [0.3, 0.4) is 0 Å². The van der Waals surface area contributed by atoms with E-state index in [1.54, 1.807) is 0 Å². The molecule has 2 aromatic rings. The highest BCUT2D eigenvalue weighted by Gasteiger charge is 2.23. The van der Waals surface area contributed by atoms with Crippen LogP contribution >= 0.6 is 0 Å². The van der Waals surface area contributed by atoms with Crippen LogP contribution in [-0.2, 0) is 17.8 Å². The topological polar surface area (TPSA) is 35.6 Å². The molecule has 1 amide bonds. The normalized spacial score (nSPS) is 13.0. The van der Waals surface area contributed by atoms with Crippen molar-refractivity contribution in [1.82, 2.24) is 5.32 Å². The third-order valence-corrected chi connectivity index (χ3v) is 4.25. The first-order valence-corrected chi connectivity index (χ1v) is 8.00. The number of para-hydroxylation sites is 1. The molecule has 0 aliphatic carbocycles. The summed E-state index contributed by atoms with van der Waals surface area (Å²) in [5.41, 5.74) is 4.69. The van der Waals surface area contributed by atoms with E-state index in [2.05, 4.69) is 40.5 Å². The molecule has 1 aliphatic rings. The number of nitrogens with one attached hydrogen (secondary N) is 1. The molecule has 4 heteroatoms. The maximum Gasteiger partial charge on any atom is 0.240 e. The molecule has 120 valence electrons. The van der Waals surface area contributed by atoms with Crippen molar-refractivity contribution in [2.24, 2.45) is 0 Å². The van der Waals surface area contributed by atoms with Gasteiger partial charge in [0.05, 0.1) is 6.54 Å². The number of hydrogen-bond acceptors (Lipinski definition) is 3. The molecule has 0 radical (unpaired) electrons. The van der Waals surface area contributed by atoms with Gasteiger partial charge in [0.25, 0.3) is 0 Å². The second-order valence-corrected chi connectivity index (χ2v) is 6.09. The number of carbonyl (C=O) groups excluding carboxylic acids is 1. The minimum absolute atomic E-state index is 0.139. The Morgan fingerprint density at radius 1 is 1.13 bits per heavy atom. The Hall–Kier alpha value is -2.33. The Bertz CT molecular complexity index is 679. The zero-order chi connectivity index (χ0) is 16.2. The van der Waals surface area contributed by atoms with Crippen LogP contribution < -0.4 is 15.1 Å². The van der Waals surface area contributed by atoms with Crippen LogP contribution in [0.5, 0.6) is 0 Å². The number of rotatable bonds is 5. The van der Waals surface area contributed by atoms with E-state index in [9.17, 15) is 4.79 Å². The van der Waals surface area contributed by atoms with Gasteiger partial charge in [-0.1, -0.05) is 30.3 Å². The number of carbonyl (C=O) groups is 1. The lowest BCUT2D eigenvalue weighted by Gasteiger charge is -2.18. The monoisotopic (exact) mass is 309 g/mol. The maximum atomic E-state index is 12.4. The van der Waals surface area contributed by atoms with E-state index in [0.717, 1.165) is 18.7 Å². The third-order valence-electron chi connectivity index (χ3n) is 4.25. The summed E-state index contributed by atoms with van der Waals surface area (Å²) in [5.74, 6) is 0.139. The molecule has 1 heterocycles. The molecule has 0 atom stereocenters. The number of nitrogens with zero attached hydrogens (tertiary/aromatic N) is 2. The fourth-order valence-corrected chi connectivity index (χ4v) is 2.92. The lowest BCUT2D eigenvalue weighted by molar-refractivity contribution is -0.117. The Morgan fingerprint density at radius 2 is 1.87 bits per heavy atom. The maximum absolute atomic E-state index is 12.4. The van der Waals surface area contributed by atoms with Crippen molar-refractivity contribution in [1.29, 1.82) is 0 Å². The largest absolute Gasteiger partial charge is 0.378 e. The molecule has 0 unspecified atom stereocenters. The minimum Gasteiger partial charge on any atom is -0.378 e. The highest BCUT2D eigenvalue weighted by atomic mass is 16.2. The molecule has 4 nitrogen and oxygen atoms in total. The summed E-state index contributed by atoms with van der Waals surface area (Å²) in [7, 11) is 4.06. The molecule has 0 aromatic heterocycles. The fraction of sp³-hybridized carbons (Fsp3) is 0.316. The summed E-state index contributed by atoms with van der Waals surface area (Å²) in [6.45, 7) is 1.86. The fourth-order valence-electron chi connectivity index (χ4n) is 2.92. The first kappa shape index (κ1) is 15.6. The van der Waals surface area contributed by atoms with Gasteiger partial charge in [-0.05, 0) is 35.7 Å². The smallest absolute Gasteiger partial charge is 0.240 e. The quantitative estimate of drug-likeness (QED) is 0.921. The van der Waals surface area contributed by atoms with Crippen molar-refractivity contribution in [2.45, 2.75) is 13.0 Å². The van der Waals surface area contributed by atoms with Crippen LogP contribution in [0.15, 0.2) is 48.5 Å². The van der Waals surface area contributed by atoms with Gasteiger partial charge in [-0.3, -0.25) is 4.79 Å². The van der Waals surface area contributed by atoms with Gasteiger partial charge in [-0.2, -0.15) is 0 Å². The summed E-state index contributed by atoms with van der Waals surface area (Å²) in [6.07, 6.45) is 0.952. The van der Waals surface area contributed by atoms with Crippen molar-refractivity contribution in [3.63, 3.8) is 0 Å². The van der Waals surface area contributed by atoms with Crippen LogP contribution in [0, 0.1) is 0 Å². The van der Waals surface area contributed by atoms with E-state index in [-0.39, 0.29) is 5.91 Å². The van der Waals surface area contributed by atoms with E-state index >= 15 is 0 Å². The first-order valence-electron chi connectivity index (χ1n) is 8.00. The Labute approximate surface area is 137 Å². The third kappa shape index (κ3) is 3.54. The van der Waals surface area contributed by atoms with Crippen LogP contribution in [0.4, 0.5) is 11.4 Å². The van der Waals surface area contributed by atoms with E-state index in [0.29, 0.717) is 13.1 Å². The van der Waals surface area contributed by atoms with Gasteiger partial charge < -0.3 is 15.1 Å². The summed E-state index contributed by atoms with van der Waals surface area (Å²) >= 11 is 0. The summed E-state index contributed by atoms with van der Waals surface area (Å²) < 4.78 is 0. The van der Waals surface area contributed by atoms with Gasteiger partial charge in [-0.25, -0.2) is 0 Å². The average Bonchev–Trinajstić information content (AvgIpc) is 2.99. The van der Waals surface area contributed by atoms with Gasteiger partial charge in [0, 0.05) is 38.6 Å². The molecule has 0 spiro atoms. The lowest BCUT2D eigenvalue weighted by atomic mass is 10.2. The van der Waals surface area contributed by atoms with Gasteiger partial charge in [0.2, 0.25) is 5.91 Å². The highest BCUT2D eigenvalue weighted by Crippen LogP contribution is 2.27. The minimum atomic E-state index is 0.139. The van der Waals surface area contributed by atoms with Crippen molar-refractivity contribution < 1.29 is 4.79 Å². The summed E-state index contributed by atoms with van der Waals surface area (Å²) in [6, 6.07) is 16.5. The first-order chi connectivity index (χ1) is 11.1. The molecule has 0 saturated heterocycles. The molecule has 23 heavy (non-hydrogen) atoms. The van der Waals surface area contributed by atoms with Crippen molar-refractivity contribution in [3.05, 3.63) is 59.7 Å². The van der Waals surface area contributed by atoms with Crippen molar-refractivity contribution >= 4 is 17.3 Å². The number of amides is 1. The Balaban J connectivity index is 1.52. The molecular weight excluding hydrogens is 286 g/mol. The van der Waals surface area contributed by atoms with E-state index in [4.69, 9.17) is 0 Å². The van der Waals surface area contributed by atoms with Gasteiger partial charge in [0.15, 0.2) is 0 Å². The van der Waals surface area contributed by atoms with Gasteiger partial charge in [-0.15, -0.1) is 0 Å². The number of hydrogen-bond donors (Lipinski definition) is 1. The molecule has 2 aromatic carbocycles. The van der Waals surface area contributed by atoms with Crippen molar-refractivity contribution in [3.8, 4) is 0 Å². The van der Waals surface area contributed by atoms with Crippen molar-refractivity contribution in [2.75, 3.05) is 37.0 Å². The molecular formula is C19H23N3O. The molecule has 0 fully saturated rings. The van der Waals surface area contributed by atoms with Crippen LogP contribution in [0.25, 0.3) is 0 Å². The molecule has 3 rings (SSSR count). The lowest BCUT2D eigenvalue weighted by Crippen LogP contribution is -2.36. The molecule has 0 bridgehead atoms. The number of anilines is 2. The van der Waals surface area contributed by atoms with E-state index in [1.807, 2.05) is 37.2 Å². The zero-order valence-electron chi connectivity index (χ0n) is 13.7. The SMILES string of the molecule is CN(C)c1ccc(CNCC(=O)N2CCc3ccccc32)cc1. The second-order valence-electron chi connectivity index (χ2n) is 6.09. The van der Waals surface area contributed by atoms with E-state index < -0.39 is 0 Å². The predicted molar refractivity (Wildman–Crippen MR) is 95.0 cm³/mol. The van der Waals surface area contributed by atoms with Crippen LogP contribution in [-0.4, -0.2) is 33.1 Å². The zero-order valence-corrected chi connectivity index (χ0v) is 13.7. The Kier molecular flexibility index (Phi) is 4.63. The summed E-state index contributed by atoms with van der Waals surface area (Å²) in [5, 5.41) is 3.25. The number of fused-ring (bicyclic) bond motifs is 1. The molecule has 1 aliphatic heterocycles. The Morgan fingerprint density at radius 3 is 2.61 bits per heavy atom. The van der Waals surface area contributed by atoms with E-state index in [1.165, 1.54) is 16.8 Å². The van der Waals surface area contributed by atoms with Crippen LogP contribution in [0.2, 0.25) is 0 Å². The van der Waals surface area contributed by atoms with Gasteiger partial charge in [0.1, 0.15) is 0 Å². The van der Waals surface area contributed by atoms with Crippen LogP contribution in [0.1, 0.15) is 11.1 Å². The molecule has 0 saturated carbocycles. The van der Waals surface area contributed by atoms with Gasteiger partial charge >= 0.3 is 0 Å². The average molecular weight is 309 g/mol. The highest BCUT2D eigenvalue weighted by molar-refractivity contribution is 5.96.